The van der Waals surface area contributed by atoms with Gasteiger partial charge in [0.15, 0.2) is 0 Å². The summed E-state index contributed by atoms with van der Waals surface area (Å²) in [5.74, 6) is 0.509. The molecule has 0 spiro atoms. The third-order valence-electron chi connectivity index (χ3n) is 5.23. The molecule has 130 valence electrons. The van der Waals surface area contributed by atoms with E-state index >= 15 is 0 Å². The Hall–Kier alpha value is -1.91. The molecule has 1 N–H and O–H groups in total. The number of amides is 2. The van der Waals surface area contributed by atoms with Gasteiger partial charge in [-0.05, 0) is 49.3 Å². The second-order valence-corrected chi connectivity index (χ2v) is 7.03. The predicted molar refractivity (Wildman–Crippen MR) is 89.9 cm³/mol. The lowest BCUT2D eigenvalue weighted by atomic mass is 9.84. The van der Waals surface area contributed by atoms with E-state index in [-0.39, 0.29) is 35.4 Å². The van der Waals surface area contributed by atoms with Crippen LogP contribution in [0, 0.1) is 17.7 Å². The van der Waals surface area contributed by atoms with Crippen LogP contribution >= 0.6 is 0 Å². The van der Waals surface area contributed by atoms with E-state index in [2.05, 4.69) is 5.32 Å². The fourth-order valence-corrected chi connectivity index (χ4v) is 3.30. The molecule has 2 fully saturated rings. The first-order valence-corrected chi connectivity index (χ1v) is 8.84. The third kappa shape index (κ3) is 3.94. The van der Waals surface area contributed by atoms with Crippen LogP contribution < -0.4 is 5.32 Å². The van der Waals surface area contributed by atoms with Crippen molar-refractivity contribution < 1.29 is 14.0 Å². The largest absolute Gasteiger partial charge is 0.356 e. The van der Waals surface area contributed by atoms with E-state index in [9.17, 15) is 14.0 Å². The summed E-state index contributed by atoms with van der Waals surface area (Å²) in [6.45, 7) is 1.27. The monoisotopic (exact) mass is 332 g/mol. The van der Waals surface area contributed by atoms with Crippen LogP contribution in [0.1, 0.15) is 43.6 Å². The summed E-state index contributed by atoms with van der Waals surface area (Å²) in [5.41, 5.74) is 1.03. The summed E-state index contributed by atoms with van der Waals surface area (Å²) < 4.78 is 12.9. The molecule has 2 atom stereocenters. The van der Waals surface area contributed by atoms with Crippen molar-refractivity contribution in [2.45, 2.75) is 38.0 Å². The van der Waals surface area contributed by atoms with Crippen molar-refractivity contribution in [2.75, 3.05) is 20.1 Å². The first-order chi connectivity index (χ1) is 11.6. The van der Waals surface area contributed by atoms with Crippen molar-refractivity contribution in [3.63, 3.8) is 0 Å². The highest BCUT2D eigenvalue weighted by Gasteiger charge is 2.43. The van der Waals surface area contributed by atoms with Gasteiger partial charge in [-0.2, -0.15) is 0 Å². The van der Waals surface area contributed by atoms with Gasteiger partial charge in [-0.15, -0.1) is 0 Å². The van der Waals surface area contributed by atoms with Gasteiger partial charge in [-0.25, -0.2) is 4.39 Å². The number of hydrogen-bond acceptors (Lipinski definition) is 2. The smallest absolute Gasteiger partial charge is 0.225 e. The summed E-state index contributed by atoms with van der Waals surface area (Å²) in [7, 11) is 1.84. The molecule has 0 bridgehead atoms. The molecule has 2 saturated carbocycles. The van der Waals surface area contributed by atoms with Gasteiger partial charge in [-0.1, -0.05) is 18.6 Å². The van der Waals surface area contributed by atoms with Crippen molar-refractivity contribution in [3.8, 4) is 0 Å². The lowest BCUT2D eigenvalue weighted by Crippen LogP contribution is -2.38. The summed E-state index contributed by atoms with van der Waals surface area (Å²) in [4.78, 5) is 25.9. The fraction of sp³-hybridized carbons (Fsp3) is 0.579. The Bertz CT molecular complexity index is 598. The molecule has 0 unspecified atom stereocenters. The fourth-order valence-electron chi connectivity index (χ4n) is 3.30. The molecule has 2 amide bonds. The molecule has 0 radical (unpaired) electrons. The van der Waals surface area contributed by atoms with Crippen LogP contribution in [0.2, 0.25) is 0 Å². The minimum Gasteiger partial charge on any atom is -0.356 e. The molecule has 1 aromatic rings. The Kier molecular flexibility index (Phi) is 5.17. The number of hydrogen-bond donors (Lipinski definition) is 1. The summed E-state index contributed by atoms with van der Waals surface area (Å²) >= 11 is 0. The van der Waals surface area contributed by atoms with Crippen molar-refractivity contribution in [1.82, 2.24) is 10.2 Å². The SMILES string of the molecule is CN(CCCNC(=O)[C@@H]1C[C@H]1c1ccc(F)cc1)C(=O)C1CCC1. The maximum Gasteiger partial charge on any atom is 0.225 e. The Morgan fingerprint density at radius 3 is 2.58 bits per heavy atom. The minimum atomic E-state index is -0.249. The Morgan fingerprint density at radius 2 is 1.96 bits per heavy atom. The highest BCUT2D eigenvalue weighted by atomic mass is 19.1. The van der Waals surface area contributed by atoms with Gasteiger partial charge in [0.25, 0.3) is 0 Å². The molecular formula is C19H25FN2O2. The third-order valence-corrected chi connectivity index (χ3v) is 5.23. The summed E-state index contributed by atoms with van der Waals surface area (Å²) in [6.07, 6.45) is 4.81. The van der Waals surface area contributed by atoms with Gasteiger partial charge in [-0.3, -0.25) is 9.59 Å². The first kappa shape index (κ1) is 16.9. The first-order valence-electron chi connectivity index (χ1n) is 8.84. The van der Waals surface area contributed by atoms with Crippen molar-refractivity contribution in [3.05, 3.63) is 35.6 Å². The van der Waals surface area contributed by atoms with Gasteiger partial charge in [0.1, 0.15) is 5.82 Å². The number of carbonyl (C=O) groups is 2. The average Bonchev–Trinajstić information content (AvgIpc) is 3.30. The van der Waals surface area contributed by atoms with Gasteiger partial charge in [0, 0.05) is 32.0 Å². The van der Waals surface area contributed by atoms with Crippen LogP contribution in [-0.2, 0) is 9.59 Å². The topological polar surface area (TPSA) is 49.4 Å². The molecule has 0 heterocycles. The van der Waals surface area contributed by atoms with Crippen LogP contribution in [0.25, 0.3) is 0 Å². The van der Waals surface area contributed by atoms with Gasteiger partial charge in [0.2, 0.25) is 11.8 Å². The normalized spacial score (nSPS) is 22.6. The van der Waals surface area contributed by atoms with Crippen LogP contribution in [0.15, 0.2) is 24.3 Å². The molecule has 0 aliphatic heterocycles. The van der Waals surface area contributed by atoms with E-state index in [1.54, 1.807) is 17.0 Å². The van der Waals surface area contributed by atoms with Crippen LogP contribution in [-0.4, -0.2) is 36.9 Å². The van der Waals surface area contributed by atoms with E-state index in [1.165, 1.54) is 12.1 Å². The molecular weight excluding hydrogens is 307 g/mol. The van der Waals surface area contributed by atoms with Gasteiger partial charge >= 0.3 is 0 Å². The highest BCUT2D eigenvalue weighted by molar-refractivity contribution is 5.83. The molecule has 24 heavy (non-hydrogen) atoms. The molecule has 0 aromatic heterocycles. The maximum atomic E-state index is 12.9. The zero-order valence-electron chi connectivity index (χ0n) is 14.1. The number of carbonyl (C=O) groups excluding carboxylic acids is 2. The molecule has 0 saturated heterocycles. The Morgan fingerprint density at radius 1 is 1.25 bits per heavy atom. The predicted octanol–water partition coefficient (Wildman–Crippen LogP) is 2.69. The number of rotatable bonds is 7. The van der Waals surface area contributed by atoms with E-state index in [0.29, 0.717) is 13.1 Å². The van der Waals surface area contributed by atoms with E-state index < -0.39 is 0 Å². The van der Waals surface area contributed by atoms with E-state index in [1.807, 2.05) is 7.05 Å². The van der Waals surface area contributed by atoms with Crippen molar-refractivity contribution >= 4 is 11.8 Å². The standard InChI is InChI=1S/C19H25FN2O2/c1-22(19(24)14-4-2-5-14)11-3-10-21-18(23)17-12-16(17)13-6-8-15(20)9-7-13/h6-9,14,16-17H,2-5,10-12H2,1H3,(H,21,23)/t16-,17+/m0/s1. The zero-order valence-corrected chi connectivity index (χ0v) is 14.1. The maximum absolute atomic E-state index is 12.9. The van der Waals surface area contributed by atoms with E-state index in [4.69, 9.17) is 0 Å². The summed E-state index contributed by atoms with van der Waals surface area (Å²) in [6, 6.07) is 6.40. The molecule has 2 aliphatic rings. The van der Waals surface area contributed by atoms with E-state index in [0.717, 1.165) is 37.7 Å². The van der Waals surface area contributed by atoms with Crippen LogP contribution in [0.3, 0.4) is 0 Å². The second kappa shape index (κ2) is 7.32. The second-order valence-electron chi connectivity index (χ2n) is 7.03. The Balaban J connectivity index is 1.33. The van der Waals surface area contributed by atoms with Crippen LogP contribution in [0.5, 0.6) is 0 Å². The zero-order chi connectivity index (χ0) is 17.1. The van der Waals surface area contributed by atoms with Crippen LogP contribution in [0.4, 0.5) is 4.39 Å². The minimum absolute atomic E-state index is 0.00444. The highest BCUT2D eigenvalue weighted by Crippen LogP contribution is 2.47. The number of halogens is 1. The molecule has 2 aliphatic carbocycles. The lowest BCUT2D eigenvalue weighted by Gasteiger charge is -2.29. The molecule has 5 heteroatoms. The molecule has 1 aromatic carbocycles. The molecule has 3 rings (SSSR count). The van der Waals surface area contributed by atoms with Gasteiger partial charge in [0.05, 0.1) is 0 Å². The molecule has 4 nitrogen and oxygen atoms in total. The van der Waals surface area contributed by atoms with Crippen molar-refractivity contribution in [2.24, 2.45) is 11.8 Å². The summed E-state index contributed by atoms with van der Waals surface area (Å²) in [5, 5.41) is 2.96. The lowest BCUT2D eigenvalue weighted by molar-refractivity contribution is -0.136. The number of nitrogens with zero attached hydrogens (tertiary/aromatic N) is 1. The number of nitrogens with one attached hydrogen (secondary N) is 1. The van der Waals surface area contributed by atoms with Crippen molar-refractivity contribution in [1.29, 1.82) is 0 Å². The quantitative estimate of drug-likeness (QED) is 0.781. The number of benzene rings is 1. The van der Waals surface area contributed by atoms with Gasteiger partial charge < -0.3 is 10.2 Å². The average molecular weight is 332 g/mol. The Labute approximate surface area is 142 Å².